The van der Waals surface area contributed by atoms with E-state index >= 15 is 0 Å². The molecule has 4 fully saturated rings. The van der Waals surface area contributed by atoms with Gasteiger partial charge in [0.1, 0.15) is 6.61 Å². The molecule has 0 radical (unpaired) electrons. The van der Waals surface area contributed by atoms with Crippen LogP contribution in [0.2, 0.25) is 0 Å². The van der Waals surface area contributed by atoms with Crippen molar-refractivity contribution in [2.24, 2.45) is 17.8 Å². The van der Waals surface area contributed by atoms with Crippen molar-refractivity contribution in [1.82, 2.24) is 5.32 Å². The van der Waals surface area contributed by atoms with Crippen LogP contribution in [0.15, 0.2) is 40.9 Å². The first-order chi connectivity index (χ1) is 15.4. The number of methoxy groups -OCH3 is 1. The van der Waals surface area contributed by atoms with E-state index in [0.717, 1.165) is 34.3 Å². The summed E-state index contributed by atoms with van der Waals surface area (Å²) in [7, 11) is 1.65. The van der Waals surface area contributed by atoms with Gasteiger partial charge in [-0.2, -0.15) is 0 Å². The van der Waals surface area contributed by atoms with Crippen molar-refractivity contribution >= 4 is 21.6 Å². The van der Waals surface area contributed by atoms with Crippen LogP contribution in [0.1, 0.15) is 49.7 Å². The van der Waals surface area contributed by atoms with Gasteiger partial charge in [-0.1, -0.05) is 15.9 Å². The van der Waals surface area contributed by atoms with Crippen LogP contribution in [-0.4, -0.2) is 17.6 Å². The maximum absolute atomic E-state index is 10.8. The summed E-state index contributed by atoms with van der Waals surface area (Å²) in [6.45, 7) is 1.12. The minimum Gasteiger partial charge on any atom is -0.493 e. The molecule has 0 heterocycles. The predicted molar refractivity (Wildman–Crippen MR) is 126 cm³/mol. The molecule has 6 nitrogen and oxygen atoms in total. The Hall–Kier alpha value is -2.12. The zero-order valence-electron chi connectivity index (χ0n) is 18.3. The van der Waals surface area contributed by atoms with Gasteiger partial charge >= 0.3 is 0 Å². The number of non-ortho nitro benzene ring substituents is 1. The molecule has 0 atom stereocenters. The Kier molecular flexibility index (Phi) is 5.88. The van der Waals surface area contributed by atoms with Crippen molar-refractivity contribution in [3.63, 3.8) is 0 Å². The standard InChI is InChI=1S/C25H29BrN2O4/c1-31-23-9-20(14-27-25-11-17-6-18(12-25)8-19(7-17)13-25)22(26)10-24(23)32-15-16-2-4-21(5-3-16)28(29)30/h2-5,9-10,17-19,27H,6-8,11-15H2,1H3. The highest BCUT2D eigenvalue weighted by atomic mass is 79.9. The number of nitrogens with zero attached hydrogens (tertiary/aromatic N) is 1. The predicted octanol–water partition coefficient (Wildman–Crippen LogP) is 6.00. The molecule has 7 heteroatoms. The Morgan fingerprint density at radius 2 is 1.69 bits per heavy atom. The van der Waals surface area contributed by atoms with Gasteiger partial charge in [-0.05, 0) is 91.7 Å². The van der Waals surface area contributed by atoms with E-state index in [1.807, 2.05) is 12.1 Å². The van der Waals surface area contributed by atoms with Crippen molar-refractivity contribution < 1.29 is 14.4 Å². The third-order valence-electron chi connectivity index (χ3n) is 7.57. The quantitative estimate of drug-likeness (QED) is 0.355. The lowest BCUT2D eigenvalue weighted by Gasteiger charge is -2.57. The molecule has 0 aromatic heterocycles. The number of ether oxygens (including phenoxy) is 2. The summed E-state index contributed by atoms with van der Waals surface area (Å²) in [4.78, 5) is 10.4. The third-order valence-corrected chi connectivity index (χ3v) is 8.30. The van der Waals surface area contributed by atoms with Crippen LogP contribution in [0, 0.1) is 27.9 Å². The van der Waals surface area contributed by atoms with E-state index in [4.69, 9.17) is 9.47 Å². The smallest absolute Gasteiger partial charge is 0.269 e. The van der Waals surface area contributed by atoms with Crippen LogP contribution in [0.25, 0.3) is 0 Å². The lowest BCUT2D eigenvalue weighted by Crippen LogP contribution is -2.58. The molecule has 4 aliphatic carbocycles. The second kappa shape index (κ2) is 8.67. The normalized spacial score (nSPS) is 28.0. The minimum absolute atomic E-state index is 0.0740. The van der Waals surface area contributed by atoms with Gasteiger partial charge in [0.15, 0.2) is 11.5 Å². The second-order valence-corrected chi connectivity index (χ2v) is 10.7. The number of hydrogen-bond donors (Lipinski definition) is 1. The highest BCUT2D eigenvalue weighted by Gasteiger charge is 2.50. The van der Waals surface area contributed by atoms with Crippen molar-refractivity contribution in [2.45, 2.75) is 57.2 Å². The number of nitro benzene ring substituents is 1. The van der Waals surface area contributed by atoms with Gasteiger partial charge in [-0.3, -0.25) is 10.1 Å². The first-order valence-corrected chi connectivity index (χ1v) is 12.2. The average molecular weight is 501 g/mol. The first kappa shape index (κ1) is 21.7. The van der Waals surface area contributed by atoms with E-state index < -0.39 is 4.92 Å². The Labute approximate surface area is 197 Å². The van der Waals surface area contributed by atoms with Crippen LogP contribution in [0.4, 0.5) is 5.69 Å². The molecule has 2 aromatic carbocycles. The number of halogens is 1. The van der Waals surface area contributed by atoms with Gasteiger partial charge in [0, 0.05) is 28.7 Å². The summed E-state index contributed by atoms with van der Waals surface area (Å²) in [5, 5.41) is 14.8. The molecule has 6 rings (SSSR count). The maximum Gasteiger partial charge on any atom is 0.269 e. The molecule has 0 amide bonds. The Balaban J connectivity index is 1.25. The Bertz CT molecular complexity index is 972. The van der Waals surface area contributed by atoms with Crippen molar-refractivity contribution in [1.29, 1.82) is 0 Å². The summed E-state index contributed by atoms with van der Waals surface area (Å²) in [6.07, 6.45) is 8.30. The summed E-state index contributed by atoms with van der Waals surface area (Å²) >= 11 is 3.72. The number of nitrogens with one attached hydrogen (secondary N) is 1. The van der Waals surface area contributed by atoms with Gasteiger partial charge < -0.3 is 14.8 Å². The molecule has 0 spiro atoms. The first-order valence-electron chi connectivity index (χ1n) is 11.4. The fourth-order valence-electron chi connectivity index (χ4n) is 6.47. The molecule has 4 aliphatic rings. The lowest BCUT2D eigenvalue weighted by atomic mass is 9.53. The Morgan fingerprint density at radius 1 is 1.06 bits per heavy atom. The van der Waals surface area contributed by atoms with Gasteiger partial charge in [0.05, 0.1) is 12.0 Å². The van der Waals surface area contributed by atoms with Crippen LogP contribution in [-0.2, 0) is 13.2 Å². The van der Waals surface area contributed by atoms with E-state index in [-0.39, 0.29) is 5.69 Å². The third kappa shape index (κ3) is 4.37. The topological polar surface area (TPSA) is 73.6 Å². The SMILES string of the molecule is COc1cc(CNC23CC4CC(CC(C4)C2)C3)c(Br)cc1OCc1ccc([N+](=O)[O-])cc1. The van der Waals surface area contributed by atoms with Crippen molar-refractivity contribution in [2.75, 3.05) is 7.11 Å². The Morgan fingerprint density at radius 3 is 2.25 bits per heavy atom. The zero-order chi connectivity index (χ0) is 22.3. The average Bonchev–Trinajstić information content (AvgIpc) is 2.76. The van der Waals surface area contributed by atoms with Crippen molar-refractivity contribution in [3.8, 4) is 11.5 Å². The molecular formula is C25H29BrN2O4. The zero-order valence-corrected chi connectivity index (χ0v) is 19.9. The number of nitro groups is 1. The minimum atomic E-state index is -0.402. The molecule has 0 saturated heterocycles. The maximum atomic E-state index is 10.8. The molecule has 32 heavy (non-hydrogen) atoms. The fraction of sp³-hybridized carbons (Fsp3) is 0.520. The van der Waals surface area contributed by atoms with Crippen LogP contribution in [0.5, 0.6) is 11.5 Å². The van der Waals surface area contributed by atoms with Gasteiger partial charge in [0.2, 0.25) is 0 Å². The van der Waals surface area contributed by atoms with Gasteiger partial charge in [0.25, 0.3) is 5.69 Å². The lowest BCUT2D eigenvalue weighted by molar-refractivity contribution is -0.384. The molecule has 170 valence electrons. The van der Waals surface area contributed by atoms with E-state index in [1.165, 1.54) is 56.2 Å². The molecule has 2 aromatic rings. The van der Waals surface area contributed by atoms with Crippen LogP contribution in [0.3, 0.4) is 0 Å². The molecule has 1 N–H and O–H groups in total. The highest BCUT2D eigenvalue weighted by molar-refractivity contribution is 9.10. The van der Waals surface area contributed by atoms with E-state index in [1.54, 1.807) is 19.2 Å². The van der Waals surface area contributed by atoms with Gasteiger partial charge in [-0.25, -0.2) is 0 Å². The molecule has 0 aliphatic heterocycles. The molecule has 4 saturated carbocycles. The van der Waals surface area contributed by atoms with Crippen LogP contribution >= 0.6 is 15.9 Å². The molecular weight excluding hydrogens is 472 g/mol. The molecule has 4 bridgehead atoms. The summed E-state index contributed by atoms with van der Waals surface area (Å²) in [6, 6.07) is 10.4. The molecule has 0 unspecified atom stereocenters. The second-order valence-electron chi connectivity index (χ2n) is 9.86. The summed E-state index contributed by atoms with van der Waals surface area (Å²) in [5.74, 6) is 4.10. The number of rotatable bonds is 8. The largest absolute Gasteiger partial charge is 0.493 e. The van der Waals surface area contributed by atoms with E-state index in [9.17, 15) is 10.1 Å². The van der Waals surface area contributed by atoms with E-state index in [2.05, 4.69) is 21.2 Å². The fourth-order valence-corrected chi connectivity index (χ4v) is 6.93. The van der Waals surface area contributed by atoms with Crippen molar-refractivity contribution in [3.05, 3.63) is 62.1 Å². The number of benzene rings is 2. The summed E-state index contributed by atoms with van der Waals surface area (Å²) < 4.78 is 12.6. The van der Waals surface area contributed by atoms with Gasteiger partial charge in [-0.15, -0.1) is 0 Å². The number of hydrogen-bond acceptors (Lipinski definition) is 5. The van der Waals surface area contributed by atoms with E-state index in [0.29, 0.717) is 23.6 Å². The summed E-state index contributed by atoms with van der Waals surface area (Å²) in [5.41, 5.74) is 2.42. The van der Waals surface area contributed by atoms with Crippen LogP contribution < -0.4 is 14.8 Å². The highest BCUT2D eigenvalue weighted by Crippen LogP contribution is 2.55. The monoisotopic (exact) mass is 500 g/mol.